The number of para-hydroxylation sites is 1. The number of methoxy groups -OCH3 is 2. The van der Waals surface area contributed by atoms with E-state index in [4.69, 9.17) is 14.2 Å². The largest absolute Gasteiger partial charge is 0.494 e. The predicted octanol–water partition coefficient (Wildman–Crippen LogP) is 4.71. The Hall–Kier alpha value is -4.31. The van der Waals surface area contributed by atoms with E-state index in [-0.39, 0.29) is 16.4 Å². The second-order valence-corrected chi connectivity index (χ2v) is 10.6. The summed E-state index contributed by atoms with van der Waals surface area (Å²) in [5, 5.41) is 11.4. The molecule has 9 nitrogen and oxygen atoms in total. The highest BCUT2D eigenvalue weighted by Crippen LogP contribution is 2.38. The zero-order valence-electron chi connectivity index (χ0n) is 22.0. The summed E-state index contributed by atoms with van der Waals surface area (Å²) in [6.45, 7) is 2.28. The van der Waals surface area contributed by atoms with E-state index < -0.39 is 26.2 Å². The number of sulfone groups is 1. The summed E-state index contributed by atoms with van der Waals surface area (Å²) >= 11 is 0. The minimum Gasteiger partial charge on any atom is -0.494 e. The van der Waals surface area contributed by atoms with Crippen molar-refractivity contribution in [3.8, 4) is 28.8 Å². The van der Waals surface area contributed by atoms with Gasteiger partial charge < -0.3 is 19.3 Å². The van der Waals surface area contributed by atoms with Crippen molar-refractivity contribution in [3.05, 3.63) is 94.5 Å². The molecule has 0 radical (unpaired) electrons. The van der Waals surface area contributed by atoms with Crippen molar-refractivity contribution >= 4 is 9.84 Å². The molecule has 0 bridgehead atoms. The molecule has 0 unspecified atom stereocenters. The van der Waals surface area contributed by atoms with Gasteiger partial charge in [-0.25, -0.2) is 8.42 Å². The predicted molar refractivity (Wildman–Crippen MR) is 146 cm³/mol. The molecular weight excluding hydrogens is 520 g/mol. The van der Waals surface area contributed by atoms with E-state index in [1.165, 1.54) is 43.1 Å². The average molecular weight is 551 g/mol. The highest BCUT2D eigenvalue weighted by atomic mass is 32.2. The standard InChI is InChI=1S/C29H30N2O7S/c1-4-5-14-25-30-28(32)27(29(33)31(25)26-23(36-2)12-9-13-24(26)37-3)39(34,35)22-17-15-21(16-18-22)38-19-20-10-7-6-8-11-20/h6-13,15-18,33H,4-5,14,19H2,1-3H3. The number of aromatic hydroxyl groups is 1. The van der Waals surface area contributed by atoms with Crippen LogP contribution in [0.2, 0.25) is 0 Å². The first kappa shape index (κ1) is 27.7. The van der Waals surface area contributed by atoms with E-state index in [1.54, 1.807) is 18.2 Å². The second-order valence-electron chi connectivity index (χ2n) is 8.69. The van der Waals surface area contributed by atoms with Crippen LogP contribution in [0.3, 0.4) is 0 Å². The van der Waals surface area contributed by atoms with Crippen molar-refractivity contribution in [2.24, 2.45) is 0 Å². The topological polar surface area (TPSA) is 117 Å². The minimum absolute atomic E-state index is 0.186. The van der Waals surface area contributed by atoms with Crippen molar-refractivity contribution in [3.63, 3.8) is 0 Å². The molecule has 0 fully saturated rings. The maximum absolute atomic E-state index is 13.7. The highest BCUT2D eigenvalue weighted by molar-refractivity contribution is 7.91. The lowest BCUT2D eigenvalue weighted by molar-refractivity contribution is 0.306. The minimum atomic E-state index is -4.47. The molecule has 0 atom stereocenters. The summed E-state index contributed by atoms with van der Waals surface area (Å²) in [5.41, 5.74) is 0.147. The Bertz CT molecular complexity index is 1580. The number of ether oxygens (including phenoxy) is 3. The van der Waals surface area contributed by atoms with Gasteiger partial charge in [-0.1, -0.05) is 49.7 Å². The van der Waals surface area contributed by atoms with E-state index >= 15 is 0 Å². The smallest absolute Gasteiger partial charge is 0.296 e. The van der Waals surface area contributed by atoms with E-state index in [0.717, 1.165) is 12.0 Å². The van der Waals surface area contributed by atoms with Crippen LogP contribution >= 0.6 is 0 Å². The van der Waals surface area contributed by atoms with Crippen molar-refractivity contribution in [2.75, 3.05) is 14.2 Å². The number of aryl methyl sites for hydroxylation is 1. The zero-order valence-corrected chi connectivity index (χ0v) is 22.8. The number of aromatic nitrogens is 2. The van der Waals surface area contributed by atoms with E-state index in [1.807, 2.05) is 37.3 Å². The number of rotatable bonds is 11. The third-order valence-corrected chi connectivity index (χ3v) is 7.92. The summed E-state index contributed by atoms with van der Waals surface area (Å²) in [4.78, 5) is 16.2. The lowest BCUT2D eigenvalue weighted by Crippen LogP contribution is -2.25. The number of nitrogens with zero attached hydrogens (tertiary/aromatic N) is 2. The molecule has 0 aliphatic heterocycles. The molecule has 0 saturated heterocycles. The van der Waals surface area contributed by atoms with Crippen LogP contribution in [0, 0.1) is 0 Å². The van der Waals surface area contributed by atoms with Gasteiger partial charge >= 0.3 is 0 Å². The van der Waals surface area contributed by atoms with Crippen LogP contribution in [0.5, 0.6) is 23.1 Å². The van der Waals surface area contributed by atoms with Crippen LogP contribution in [0.1, 0.15) is 31.2 Å². The highest BCUT2D eigenvalue weighted by Gasteiger charge is 2.31. The molecule has 39 heavy (non-hydrogen) atoms. The quantitative estimate of drug-likeness (QED) is 0.285. The SMILES string of the molecule is CCCCc1nc(=O)c(S(=O)(=O)c2ccc(OCc3ccccc3)cc2)c(O)n1-c1c(OC)cccc1OC. The van der Waals surface area contributed by atoms with Gasteiger partial charge in [0.1, 0.15) is 35.4 Å². The molecule has 0 amide bonds. The number of hydrogen-bond donors (Lipinski definition) is 1. The Morgan fingerprint density at radius 3 is 2.13 bits per heavy atom. The van der Waals surface area contributed by atoms with Crippen molar-refractivity contribution in [1.82, 2.24) is 9.55 Å². The van der Waals surface area contributed by atoms with Crippen LogP contribution in [0.4, 0.5) is 0 Å². The summed E-state index contributed by atoms with van der Waals surface area (Å²) < 4.78 is 45.3. The molecule has 3 aromatic carbocycles. The molecule has 10 heteroatoms. The molecule has 4 rings (SSSR count). The summed E-state index contributed by atoms with van der Waals surface area (Å²) in [6, 6.07) is 20.2. The van der Waals surface area contributed by atoms with Gasteiger partial charge in [0.15, 0.2) is 4.90 Å². The lowest BCUT2D eigenvalue weighted by Gasteiger charge is -2.21. The molecule has 0 aliphatic carbocycles. The number of benzene rings is 3. The molecule has 1 aromatic heterocycles. The third kappa shape index (κ3) is 5.75. The van der Waals surface area contributed by atoms with E-state index in [2.05, 4.69) is 4.98 Å². The molecule has 0 spiro atoms. The van der Waals surface area contributed by atoms with Crippen LogP contribution in [-0.2, 0) is 22.9 Å². The van der Waals surface area contributed by atoms with Crippen LogP contribution in [0.25, 0.3) is 5.69 Å². The second kappa shape index (κ2) is 12.0. The van der Waals surface area contributed by atoms with Crippen LogP contribution in [-0.4, -0.2) is 37.3 Å². The first-order valence-corrected chi connectivity index (χ1v) is 13.9. The van der Waals surface area contributed by atoms with Crippen molar-refractivity contribution in [2.45, 2.75) is 42.6 Å². The van der Waals surface area contributed by atoms with Gasteiger partial charge in [-0.05, 0) is 48.4 Å². The summed E-state index contributed by atoms with van der Waals surface area (Å²) in [5.74, 6) is 0.470. The van der Waals surface area contributed by atoms with Gasteiger partial charge in [-0.3, -0.25) is 9.36 Å². The molecule has 1 heterocycles. The van der Waals surface area contributed by atoms with Gasteiger partial charge in [0.05, 0.1) is 19.1 Å². The summed E-state index contributed by atoms with van der Waals surface area (Å²) in [7, 11) is -1.59. The molecule has 1 N–H and O–H groups in total. The third-order valence-electron chi connectivity index (χ3n) is 6.13. The first-order valence-electron chi connectivity index (χ1n) is 12.4. The lowest BCUT2D eigenvalue weighted by atomic mass is 10.2. The van der Waals surface area contributed by atoms with Gasteiger partial charge in [-0.15, -0.1) is 0 Å². The van der Waals surface area contributed by atoms with Crippen molar-refractivity contribution in [1.29, 1.82) is 0 Å². The number of hydrogen-bond acceptors (Lipinski definition) is 8. The Morgan fingerprint density at radius 2 is 1.54 bits per heavy atom. The molecule has 204 valence electrons. The molecule has 0 aliphatic rings. The van der Waals surface area contributed by atoms with Gasteiger partial charge in [0.2, 0.25) is 15.7 Å². The maximum Gasteiger partial charge on any atom is 0.296 e. The zero-order chi connectivity index (χ0) is 28.0. The Kier molecular flexibility index (Phi) is 8.55. The van der Waals surface area contributed by atoms with Gasteiger partial charge in [0.25, 0.3) is 5.56 Å². The van der Waals surface area contributed by atoms with Crippen molar-refractivity contribution < 1.29 is 27.7 Å². The normalized spacial score (nSPS) is 11.3. The fourth-order valence-electron chi connectivity index (χ4n) is 4.14. The van der Waals surface area contributed by atoms with E-state index in [9.17, 15) is 18.3 Å². The Labute approximate surface area is 227 Å². The fraction of sp³-hybridized carbons (Fsp3) is 0.241. The monoisotopic (exact) mass is 550 g/mol. The first-order chi connectivity index (χ1) is 18.8. The Balaban J connectivity index is 1.80. The van der Waals surface area contributed by atoms with Crippen LogP contribution < -0.4 is 19.8 Å². The summed E-state index contributed by atoms with van der Waals surface area (Å²) in [6.07, 6.45) is 1.76. The fourth-order valence-corrected chi connectivity index (χ4v) is 5.47. The number of unbranched alkanes of at least 4 members (excludes halogenated alkanes) is 1. The maximum atomic E-state index is 13.7. The average Bonchev–Trinajstić information content (AvgIpc) is 2.95. The van der Waals surface area contributed by atoms with Gasteiger partial charge in [0, 0.05) is 6.42 Å². The molecule has 0 saturated carbocycles. The van der Waals surface area contributed by atoms with Gasteiger partial charge in [-0.2, -0.15) is 4.98 Å². The molecule has 4 aromatic rings. The van der Waals surface area contributed by atoms with Crippen LogP contribution in [0.15, 0.2) is 87.4 Å². The Morgan fingerprint density at radius 1 is 0.897 bits per heavy atom. The molecular formula is C29H30N2O7S. The van der Waals surface area contributed by atoms with E-state index in [0.29, 0.717) is 36.7 Å².